The first-order valence-electron chi connectivity index (χ1n) is 6.52. The SMILES string of the molecule is COc1ccc(Cl)cc1-n1c(CCl)nc2cc(C)ccc21. The second-order valence-electron chi connectivity index (χ2n) is 4.81. The quantitative estimate of drug-likeness (QED) is 0.652. The lowest BCUT2D eigenvalue weighted by Gasteiger charge is -2.13. The normalized spacial score (nSPS) is 11.0. The molecule has 3 rings (SSSR count). The van der Waals surface area contributed by atoms with E-state index in [4.69, 9.17) is 27.9 Å². The number of ether oxygens (including phenoxy) is 1. The van der Waals surface area contributed by atoms with Crippen LogP contribution < -0.4 is 4.74 Å². The van der Waals surface area contributed by atoms with E-state index in [1.54, 1.807) is 13.2 Å². The standard InChI is InChI=1S/C16H14Cl2N2O/c1-10-3-5-13-12(7-10)19-16(9-17)20(13)14-8-11(18)4-6-15(14)21-2/h3-8H,9H2,1-2H3. The second-order valence-corrected chi connectivity index (χ2v) is 5.51. The summed E-state index contributed by atoms with van der Waals surface area (Å²) in [6.07, 6.45) is 0. The van der Waals surface area contributed by atoms with E-state index in [0.29, 0.717) is 10.9 Å². The number of aromatic nitrogens is 2. The molecule has 0 unspecified atom stereocenters. The van der Waals surface area contributed by atoms with Crippen LogP contribution in [-0.2, 0) is 5.88 Å². The van der Waals surface area contributed by atoms with E-state index < -0.39 is 0 Å². The van der Waals surface area contributed by atoms with E-state index in [0.717, 1.165) is 33.9 Å². The molecule has 1 heterocycles. The predicted molar refractivity (Wildman–Crippen MR) is 86.9 cm³/mol. The summed E-state index contributed by atoms with van der Waals surface area (Å²) < 4.78 is 7.44. The topological polar surface area (TPSA) is 27.1 Å². The molecular weight excluding hydrogens is 307 g/mol. The van der Waals surface area contributed by atoms with Gasteiger partial charge in [-0.25, -0.2) is 4.98 Å². The van der Waals surface area contributed by atoms with Crippen LogP contribution in [0.5, 0.6) is 5.75 Å². The van der Waals surface area contributed by atoms with Crippen molar-refractivity contribution in [2.75, 3.05) is 7.11 Å². The summed E-state index contributed by atoms with van der Waals surface area (Å²) in [5, 5.41) is 0.639. The fourth-order valence-electron chi connectivity index (χ4n) is 2.44. The van der Waals surface area contributed by atoms with E-state index in [9.17, 15) is 0 Å². The van der Waals surface area contributed by atoms with E-state index in [1.165, 1.54) is 0 Å². The summed E-state index contributed by atoms with van der Waals surface area (Å²) in [6, 6.07) is 11.6. The minimum atomic E-state index is 0.309. The number of hydrogen-bond donors (Lipinski definition) is 0. The molecule has 108 valence electrons. The Morgan fingerprint density at radius 1 is 1.19 bits per heavy atom. The molecule has 2 aromatic carbocycles. The average molecular weight is 321 g/mol. The van der Waals surface area contributed by atoms with Crippen LogP contribution in [0.25, 0.3) is 16.7 Å². The largest absolute Gasteiger partial charge is 0.495 e. The Balaban J connectivity index is 2.36. The molecular formula is C16H14Cl2N2O. The molecule has 1 aromatic heterocycles. The van der Waals surface area contributed by atoms with Crippen LogP contribution in [0, 0.1) is 6.92 Å². The molecule has 0 aliphatic rings. The number of benzene rings is 2. The Morgan fingerprint density at radius 3 is 2.71 bits per heavy atom. The highest BCUT2D eigenvalue weighted by Crippen LogP contribution is 2.31. The average Bonchev–Trinajstić information content (AvgIpc) is 2.84. The Morgan fingerprint density at radius 2 is 2.00 bits per heavy atom. The fourth-order valence-corrected chi connectivity index (χ4v) is 2.78. The van der Waals surface area contributed by atoms with Gasteiger partial charge in [-0.1, -0.05) is 17.7 Å². The predicted octanol–water partition coefficient (Wildman–Crippen LogP) is 4.73. The molecule has 0 radical (unpaired) electrons. The van der Waals surface area contributed by atoms with Crippen LogP contribution in [0.3, 0.4) is 0 Å². The summed E-state index contributed by atoms with van der Waals surface area (Å²) >= 11 is 12.2. The van der Waals surface area contributed by atoms with E-state index in [2.05, 4.69) is 11.1 Å². The van der Waals surface area contributed by atoms with Gasteiger partial charge in [0.2, 0.25) is 0 Å². The van der Waals surface area contributed by atoms with Crippen molar-refractivity contribution < 1.29 is 4.74 Å². The maximum Gasteiger partial charge on any atom is 0.143 e. The van der Waals surface area contributed by atoms with Crippen LogP contribution in [0.1, 0.15) is 11.4 Å². The van der Waals surface area contributed by atoms with Crippen LogP contribution >= 0.6 is 23.2 Å². The first-order chi connectivity index (χ1) is 10.1. The molecule has 3 nitrogen and oxygen atoms in total. The minimum Gasteiger partial charge on any atom is -0.495 e. The third-order valence-electron chi connectivity index (χ3n) is 3.38. The van der Waals surface area contributed by atoms with Gasteiger partial charge in [0.1, 0.15) is 11.6 Å². The summed E-state index contributed by atoms with van der Waals surface area (Å²) in [6.45, 7) is 2.04. The lowest BCUT2D eigenvalue weighted by molar-refractivity contribution is 0.413. The molecule has 21 heavy (non-hydrogen) atoms. The number of halogens is 2. The van der Waals surface area contributed by atoms with Crippen molar-refractivity contribution >= 4 is 34.2 Å². The summed E-state index contributed by atoms with van der Waals surface area (Å²) in [5.41, 5.74) is 3.89. The Bertz CT molecular complexity index is 811. The van der Waals surface area contributed by atoms with Crippen molar-refractivity contribution in [1.82, 2.24) is 9.55 Å². The van der Waals surface area contributed by atoms with Crippen molar-refractivity contribution in [1.29, 1.82) is 0 Å². The fraction of sp³-hybridized carbons (Fsp3) is 0.188. The summed E-state index contributed by atoms with van der Waals surface area (Å²) in [7, 11) is 1.64. The Kier molecular flexibility index (Phi) is 3.79. The molecule has 3 aromatic rings. The summed E-state index contributed by atoms with van der Waals surface area (Å²) in [4.78, 5) is 4.61. The molecule has 5 heteroatoms. The molecule has 0 N–H and O–H groups in total. The van der Waals surface area contributed by atoms with Gasteiger partial charge in [-0.15, -0.1) is 11.6 Å². The van der Waals surface area contributed by atoms with E-state index in [-0.39, 0.29) is 0 Å². The van der Waals surface area contributed by atoms with Gasteiger partial charge in [0, 0.05) is 5.02 Å². The zero-order chi connectivity index (χ0) is 15.0. The third-order valence-corrected chi connectivity index (χ3v) is 3.85. The monoisotopic (exact) mass is 320 g/mol. The summed E-state index contributed by atoms with van der Waals surface area (Å²) in [5.74, 6) is 1.80. The third kappa shape index (κ3) is 2.47. The number of aryl methyl sites for hydroxylation is 1. The minimum absolute atomic E-state index is 0.309. The number of alkyl halides is 1. The Hall–Kier alpha value is -1.71. The first-order valence-corrected chi connectivity index (χ1v) is 7.43. The second kappa shape index (κ2) is 5.58. The van der Waals surface area contributed by atoms with E-state index >= 15 is 0 Å². The van der Waals surface area contributed by atoms with Gasteiger partial charge in [-0.2, -0.15) is 0 Å². The van der Waals surface area contributed by atoms with Gasteiger partial charge in [0.25, 0.3) is 0 Å². The molecule has 0 fully saturated rings. The van der Waals surface area contributed by atoms with Crippen LogP contribution in [-0.4, -0.2) is 16.7 Å². The van der Waals surface area contributed by atoms with Gasteiger partial charge in [0.05, 0.1) is 29.7 Å². The van der Waals surface area contributed by atoms with Crippen LogP contribution in [0.2, 0.25) is 5.02 Å². The highest BCUT2D eigenvalue weighted by molar-refractivity contribution is 6.30. The number of nitrogens with zero attached hydrogens (tertiary/aromatic N) is 2. The molecule has 0 atom stereocenters. The molecule has 0 bridgehead atoms. The van der Waals surface area contributed by atoms with Gasteiger partial charge >= 0.3 is 0 Å². The maximum atomic E-state index is 6.14. The van der Waals surface area contributed by atoms with Gasteiger partial charge < -0.3 is 4.74 Å². The van der Waals surface area contributed by atoms with Crippen LogP contribution in [0.4, 0.5) is 0 Å². The number of imidazole rings is 1. The van der Waals surface area contributed by atoms with Crippen molar-refractivity contribution in [2.45, 2.75) is 12.8 Å². The lowest BCUT2D eigenvalue weighted by atomic mass is 10.2. The number of hydrogen-bond acceptors (Lipinski definition) is 2. The number of methoxy groups -OCH3 is 1. The highest BCUT2D eigenvalue weighted by Gasteiger charge is 2.15. The van der Waals surface area contributed by atoms with Gasteiger partial charge in [-0.3, -0.25) is 4.57 Å². The molecule has 0 aliphatic carbocycles. The zero-order valence-corrected chi connectivity index (χ0v) is 13.2. The van der Waals surface area contributed by atoms with Crippen molar-refractivity contribution in [3.63, 3.8) is 0 Å². The lowest BCUT2D eigenvalue weighted by Crippen LogP contribution is -2.02. The van der Waals surface area contributed by atoms with Gasteiger partial charge in [-0.05, 0) is 42.8 Å². The zero-order valence-electron chi connectivity index (χ0n) is 11.7. The maximum absolute atomic E-state index is 6.14. The van der Waals surface area contributed by atoms with E-state index in [1.807, 2.05) is 35.8 Å². The smallest absolute Gasteiger partial charge is 0.143 e. The molecule has 0 spiro atoms. The van der Waals surface area contributed by atoms with Crippen molar-refractivity contribution in [2.24, 2.45) is 0 Å². The van der Waals surface area contributed by atoms with Crippen molar-refractivity contribution in [3.8, 4) is 11.4 Å². The van der Waals surface area contributed by atoms with Crippen LogP contribution in [0.15, 0.2) is 36.4 Å². The molecule has 0 amide bonds. The van der Waals surface area contributed by atoms with Crippen molar-refractivity contribution in [3.05, 3.63) is 52.8 Å². The molecule has 0 saturated heterocycles. The van der Waals surface area contributed by atoms with Gasteiger partial charge in [0.15, 0.2) is 0 Å². The number of fused-ring (bicyclic) bond motifs is 1. The Labute approximate surface area is 133 Å². The first kappa shape index (κ1) is 14.2. The molecule has 0 saturated carbocycles. The number of rotatable bonds is 3. The highest BCUT2D eigenvalue weighted by atomic mass is 35.5. The molecule has 0 aliphatic heterocycles.